The molecule has 0 heterocycles. The van der Waals surface area contributed by atoms with Gasteiger partial charge in [-0.3, -0.25) is 0 Å². The van der Waals surface area contributed by atoms with Crippen LogP contribution in [0, 0.1) is 5.41 Å². The van der Waals surface area contributed by atoms with E-state index in [0.717, 1.165) is 26.1 Å². The highest BCUT2D eigenvalue weighted by Gasteiger charge is 2.23. The van der Waals surface area contributed by atoms with Crippen LogP contribution < -0.4 is 11.1 Å². The highest BCUT2D eigenvalue weighted by atomic mass is 14.9. The van der Waals surface area contributed by atoms with Crippen molar-refractivity contribution in [2.75, 3.05) is 19.6 Å². The Morgan fingerprint density at radius 3 is 2.50 bits per heavy atom. The third-order valence-corrected chi connectivity index (χ3v) is 3.43. The molecule has 0 unspecified atom stereocenters. The van der Waals surface area contributed by atoms with E-state index in [0.29, 0.717) is 0 Å². The van der Waals surface area contributed by atoms with E-state index in [9.17, 15) is 0 Å². The first-order chi connectivity index (χ1) is 8.60. The van der Waals surface area contributed by atoms with E-state index < -0.39 is 0 Å². The van der Waals surface area contributed by atoms with Gasteiger partial charge in [0, 0.05) is 12.0 Å². The monoisotopic (exact) mass is 252 g/mol. The predicted octanol–water partition coefficient (Wildman–Crippen LogP) is 3.63. The summed E-state index contributed by atoms with van der Waals surface area (Å²) in [6.07, 6.45) is 8.31. The maximum atomic E-state index is 5.53. The third-order valence-electron chi connectivity index (χ3n) is 3.43. The molecule has 0 saturated heterocycles. The van der Waals surface area contributed by atoms with Crippen LogP contribution in [0.5, 0.6) is 0 Å². The standard InChI is InChI=1S/C16H32N2/c1-5-7-10-16(6-2,11-9-15(3)4)14-18-13-8-12-17/h11,18H,5-8,10,12-14,17H2,1-4H3/t16-/m1/s1. The molecule has 0 aromatic heterocycles. The molecule has 0 aliphatic carbocycles. The van der Waals surface area contributed by atoms with Gasteiger partial charge in [0.2, 0.25) is 0 Å². The smallest absolute Gasteiger partial charge is 0.00796 e. The second-order valence-corrected chi connectivity index (χ2v) is 5.43. The maximum Gasteiger partial charge on any atom is 0.00796 e. The summed E-state index contributed by atoms with van der Waals surface area (Å²) in [5, 5.41) is 3.55. The highest BCUT2D eigenvalue weighted by Crippen LogP contribution is 2.29. The van der Waals surface area contributed by atoms with Gasteiger partial charge in [-0.05, 0) is 57.8 Å². The zero-order chi connectivity index (χ0) is 13.9. The first kappa shape index (κ1) is 17.4. The van der Waals surface area contributed by atoms with Gasteiger partial charge in [-0.2, -0.15) is 0 Å². The molecule has 1 atom stereocenters. The Hall–Kier alpha value is -0.560. The molecule has 0 radical (unpaired) electrons. The SMILES string of the molecule is CCCC[C@@](C=C=C(C)C)(CC)CNCCCN. The minimum absolute atomic E-state index is 0.266. The average Bonchev–Trinajstić information content (AvgIpc) is 2.37. The van der Waals surface area contributed by atoms with Gasteiger partial charge in [-0.1, -0.05) is 26.7 Å². The zero-order valence-electron chi connectivity index (χ0n) is 12.8. The minimum Gasteiger partial charge on any atom is -0.330 e. The van der Waals surface area contributed by atoms with Crippen LogP contribution in [0.4, 0.5) is 0 Å². The van der Waals surface area contributed by atoms with Crippen LogP contribution in [-0.4, -0.2) is 19.6 Å². The summed E-state index contributed by atoms with van der Waals surface area (Å²) < 4.78 is 0. The summed E-state index contributed by atoms with van der Waals surface area (Å²) >= 11 is 0. The van der Waals surface area contributed by atoms with Crippen molar-refractivity contribution >= 4 is 0 Å². The number of nitrogens with one attached hydrogen (secondary N) is 1. The van der Waals surface area contributed by atoms with Crippen LogP contribution in [-0.2, 0) is 0 Å². The lowest BCUT2D eigenvalue weighted by molar-refractivity contribution is 0.308. The molecule has 2 heteroatoms. The first-order valence-electron chi connectivity index (χ1n) is 7.42. The highest BCUT2D eigenvalue weighted by molar-refractivity contribution is 5.04. The molecule has 2 nitrogen and oxygen atoms in total. The molecule has 0 spiro atoms. The van der Waals surface area contributed by atoms with E-state index in [4.69, 9.17) is 5.73 Å². The van der Waals surface area contributed by atoms with Gasteiger partial charge >= 0.3 is 0 Å². The summed E-state index contributed by atoms with van der Waals surface area (Å²) in [5.41, 5.74) is 10.5. The van der Waals surface area contributed by atoms with Gasteiger partial charge in [0.25, 0.3) is 0 Å². The number of nitrogens with two attached hydrogens (primary N) is 1. The fourth-order valence-corrected chi connectivity index (χ4v) is 2.01. The lowest BCUT2D eigenvalue weighted by Crippen LogP contribution is -2.33. The van der Waals surface area contributed by atoms with Gasteiger partial charge in [0.05, 0.1) is 0 Å². The summed E-state index contributed by atoms with van der Waals surface area (Å²) in [6.45, 7) is 11.6. The fourth-order valence-electron chi connectivity index (χ4n) is 2.01. The number of rotatable bonds is 10. The molecule has 0 saturated carbocycles. The Balaban J connectivity index is 4.59. The molecule has 0 rings (SSSR count). The van der Waals surface area contributed by atoms with Crippen molar-refractivity contribution in [1.82, 2.24) is 5.32 Å². The second kappa shape index (κ2) is 10.4. The summed E-state index contributed by atoms with van der Waals surface area (Å²) in [7, 11) is 0. The minimum atomic E-state index is 0.266. The van der Waals surface area contributed by atoms with Gasteiger partial charge < -0.3 is 11.1 Å². The molecule has 0 amide bonds. The molecule has 0 aromatic carbocycles. The van der Waals surface area contributed by atoms with E-state index in [1.54, 1.807) is 0 Å². The van der Waals surface area contributed by atoms with Crippen LogP contribution >= 0.6 is 0 Å². The molecule has 106 valence electrons. The number of hydrogen-bond donors (Lipinski definition) is 2. The number of unbranched alkanes of at least 4 members (excludes halogenated alkanes) is 1. The van der Waals surface area contributed by atoms with Crippen molar-refractivity contribution in [2.24, 2.45) is 11.1 Å². The Labute approximate surface area is 114 Å². The molecule has 0 bridgehead atoms. The third kappa shape index (κ3) is 7.71. The maximum absolute atomic E-state index is 5.53. The van der Waals surface area contributed by atoms with E-state index in [1.807, 2.05) is 0 Å². The predicted molar refractivity (Wildman–Crippen MR) is 81.7 cm³/mol. The van der Waals surface area contributed by atoms with Crippen molar-refractivity contribution in [3.8, 4) is 0 Å². The molecule has 0 fully saturated rings. The van der Waals surface area contributed by atoms with Crippen molar-refractivity contribution in [1.29, 1.82) is 0 Å². The van der Waals surface area contributed by atoms with Crippen molar-refractivity contribution in [3.63, 3.8) is 0 Å². The van der Waals surface area contributed by atoms with Crippen LogP contribution in [0.2, 0.25) is 0 Å². The Bertz CT molecular complexity index is 260. The summed E-state index contributed by atoms with van der Waals surface area (Å²) in [4.78, 5) is 0. The van der Waals surface area contributed by atoms with Crippen molar-refractivity contribution in [2.45, 2.75) is 59.8 Å². The van der Waals surface area contributed by atoms with E-state index in [-0.39, 0.29) is 5.41 Å². The van der Waals surface area contributed by atoms with Crippen molar-refractivity contribution < 1.29 is 0 Å². The Kier molecular flexibility index (Phi) is 10.0. The van der Waals surface area contributed by atoms with Gasteiger partial charge in [-0.15, -0.1) is 5.73 Å². The molecule has 3 N–H and O–H groups in total. The molecule has 18 heavy (non-hydrogen) atoms. The molecule has 0 aliphatic heterocycles. The lowest BCUT2D eigenvalue weighted by atomic mass is 9.80. The topological polar surface area (TPSA) is 38.0 Å². The Morgan fingerprint density at radius 2 is 2.00 bits per heavy atom. The van der Waals surface area contributed by atoms with Crippen LogP contribution in [0.25, 0.3) is 0 Å². The normalized spacial score (nSPS) is 13.8. The molecular formula is C16H32N2. The molecular weight excluding hydrogens is 220 g/mol. The fraction of sp³-hybridized carbons (Fsp3) is 0.812. The van der Waals surface area contributed by atoms with Gasteiger partial charge in [0.1, 0.15) is 0 Å². The van der Waals surface area contributed by atoms with Gasteiger partial charge in [0.15, 0.2) is 0 Å². The van der Waals surface area contributed by atoms with Crippen LogP contribution in [0.3, 0.4) is 0 Å². The van der Waals surface area contributed by atoms with E-state index in [1.165, 1.54) is 31.3 Å². The average molecular weight is 252 g/mol. The summed E-state index contributed by atoms with van der Waals surface area (Å²) in [6, 6.07) is 0. The first-order valence-corrected chi connectivity index (χ1v) is 7.42. The molecule has 0 aliphatic rings. The van der Waals surface area contributed by atoms with Crippen LogP contribution in [0.15, 0.2) is 17.4 Å². The largest absolute Gasteiger partial charge is 0.330 e. The van der Waals surface area contributed by atoms with E-state index >= 15 is 0 Å². The quantitative estimate of drug-likeness (QED) is 0.460. The van der Waals surface area contributed by atoms with E-state index in [2.05, 4.69) is 44.8 Å². The lowest BCUT2D eigenvalue weighted by Gasteiger charge is -2.29. The van der Waals surface area contributed by atoms with Gasteiger partial charge in [-0.25, -0.2) is 0 Å². The Morgan fingerprint density at radius 1 is 1.28 bits per heavy atom. The molecule has 0 aromatic rings. The number of hydrogen-bond acceptors (Lipinski definition) is 2. The zero-order valence-corrected chi connectivity index (χ0v) is 12.8. The van der Waals surface area contributed by atoms with Crippen molar-refractivity contribution in [3.05, 3.63) is 17.4 Å². The second-order valence-electron chi connectivity index (χ2n) is 5.43. The summed E-state index contributed by atoms with van der Waals surface area (Å²) in [5.74, 6) is 0. The van der Waals surface area contributed by atoms with Crippen LogP contribution in [0.1, 0.15) is 59.8 Å².